The fourth-order valence-corrected chi connectivity index (χ4v) is 2.45. The first-order valence-corrected chi connectivity index (χ1v) is 7.54. The van der Waals surface area contributed by atoms with Crippen molar-refractivity contribution in [3.05, 3.63) is 29.8 Å². The predicted molar refractivity (Wildman–Crippen MR) is 84.1 cm³/mol. The van der Waals surface area contributed by atoms with Gasteiger partial charge in [0.2, 0.25) is 0 Å². The first kappa shape index (κ1) is 16.6. The van der Waals surface area contributed by atoms with Gasteiger partial charge in [0.25, 0.3) is 0 Å². The summed E-state index contributed by atoms with van der Waals surface area (Å²) in [4.78, 5) is 13.4. The molecule has 1 heterocycles. The van der Waals surface area contributed by atoms with E-state index in [9.17, 15) is 9.90 Å². The molecular formula is C17H25NO4. The van der Waals surface area contributed by atoms with Crippen LogP contribution in [0.5, 0.6) is 5.75 Å². The average molecular weight is 307 g/mol. The van der Waals surface area contributed by atoms with Crippen molar-refractivity contribution in [3.63, 3.8) is 0 Å². The minimum absolute atomic E-state index is 0.331. The van der Waals surface area contributed by atoms with E-state index in [1.807, 2.05) is 45.0 Å². The predicted octanol–water partition coefficient (Wildman–Crippen LogP) is 2.61. The summed E-state index contributed by atoms with van der Waals surface area (Å²) < 4.78 is 10.4. The maximum absolute atomic E-state index is 11.9. The first-order valence-electron chi connectivity index (χ1n) is 7.54. The Hall–Kier alpha value is -1.75. The van der Waals surface area contributed by atoms with E-state index in [-0.39, 0.29) is 6.09 Å². The van der Waals surface area contributed by atoms with Crippen LogP contribution in [0.15, 0.2) is 24.3 Å². The van der Waals surface area contributed by atoms with Crippen molar-refractivity contribution >= 4 is 6.09 Å². The molecule has 2 rings (SSSR count). The standard InChI is InChI=1S/C17H25NO4/c1-16(2,3)22-15(19)18-11-17(20,12-18)10-9-13-5-7-14(21-4)8-6-13/h5-8,20H,9-12H2,1-4H3. The summed E-state index contributed by atoms with van der Waals surface area (Å²) >= 11 is 0. The van der Waals surface area contributed by atoms with Crippen LogP contribution in [0.3, 0.4) is 0 Å². The Bertz CT molecular complexity index is 512. The molecule has 0 aromatic heterocycles. The lowest BCUT2D eigenvalue weighted by Crippen LogP contribution is -2.64. The summed E-state index contributed by atoms with van der Waals surface area (Å²) in [6, 6.07) is 7.80. The lowest BCUT2D eigenvalue weighted by atomic mass is 9.88. The summed E-state index contributed by atoms with van der Waals surface area (Å²) in [6.45, 7) is 6.16. The number of amides is 1. The molecule has 0 spiro atoms. The highest BCUT2D eigenvalue weighted by molar-refractivity contribution is 5.69. The Morgan fingerprint density at radius 3 is 2.36 bits per heavy atom. The lowest BCUT2D eigenvalue weighted by molar-refractivity contribution is -0.102. The molecule has 122 valence electrons. The van der Waals surface area contributed by atoms with Crippen molar-refractivity contribution in [2.75, 3.05) is 20.2 Å². The fourth-order valence-electron chi connectivity index (χ4n) is 2.45. The van der Waals surface area contributed by atoms with Crippen LogP contribution in [0.1, 0.15) is 32.8 Å². The number of β-amino-alcohol motifs (C(OH)–C–C–N with tert-alkyl or cyclic N) is 1. The molecule has 22 heavy (non-hydrogen) atoms. The van der Waals surface area contributed by atoms with Crippen LogP contribution in [0.25, 0.3) is 0 Å². The van der Waals surface area contributed by atoms with Gasteiger partial charge in [-0.25, -0.2) is 4.79 Å². The Morgan fingerprint density at radius 1 is 1.27 bits per heavy atom. The van der Waals surface area contributed by atoms with Gasteiger partial charge in [-0.2, -0.15) is 0 Å². The van der Waals surface area contributed by atoms with Gasteiger partial charge in [-0.1, -0.05) is 12.1 Å². The largest absolute Gasteiger partial charge is 0.497 e. The summed E-state index contributed by atoms with van der Waals surface area (Å²) in [7, 11) is 1.64. The maximum Gasteiger partial charge on any atom is 0.410 e. The molecule has 0 atom stereocenters. The minimum atomic E-state index is -0.809. The molecule has 0 bridgehead atoms. The van der Waals surface area contributed by atoms with E-state index in [1.165, 1.54) is 0 Å². The van der Waals surface area contributed by atoms with E-state index >= 15 is 0 Å². The van der Waals surface area contributed by atoms with Crippen molar-refractivity contribution in [2.24, 2.45) is 0 Å². The molecule has 0 saturated carbocycles. The van der Waals surface area contributed by atoms with Gasteiger partial charge in [0.05, 0.1) is 20.2 Å². The molecule has 0 aliphatic carbocycles. The van der Waals surface area contributed by atoms with Gasteiger partial charge in [-0.15, -0.1) is 0 Å². The van der Waals surface area contributed by atoms with Gasteiger partial charge in [0.1, 0.15) is 17.0 Å². The SMILES string of the molecule is COc1ccc(CCC2(O)CN(C(=O)OC(C)(C)C)C2)cc1. The van der Waals surface area contributed by atoms with Gasteiger partial charge in [-0.05, 0) is 51.3 Å². The van der Waals surface area contributed by atoms with Crippen LogP contribution in [-0.2, 0) is 11.2 Å². The number of nitrogens with zero attached hydrogens (tertiary/aromatic N) is 1. The van der Waals surface area contributed by atoms with Crippen molar-refractivity contribution in [1.29, 1.82) is 0 Å². The fraction of sp³-hybridized carbons (Fsp3) is 0.588. The second-order valence-electron chi connectivity index (χ2n) is 6.91. The number of likely N-dealkylation sites (tertiary alicyclic amines) is 1. The molecule has 1 aromatic carbocycles. The zero-order valence-corrected chi connectivity index (χ0v) is 13.8. The second-order valence-corrected chi connectivity index (χ2v) is 6.91. The molecule has 1 saturated heterocycles. The molecule has 5 nitrogen and oxygen atoms in total. The third kappa shape index (κ3) is 4.37. The number of aryl methyl sites for hydroxylation is 1. The van der Waals surface area contributed by atoms with Gasteiger partial charge < -0.3 is 19.5 Å². The van der Waals surface area contributed by atoms with E-state index < -0.39 is 11.2 Å². The smallest absolute Gasteiger partial charge is 0.410 e. The first-order chi connectivity index (χ1) is 10.2. The van der Waals surface area contributed by atoms with Crippen LogP contribution < -0.4 is 4.74 Å². The number of carbonyl (C=O) groups is 1. The highest BCUT2D eigenvalue weighted by Crippen LogP contribution is 2.28. The molecule has 1 fully saturated rings. The summed E-state index contributed by atoms with van der Waals surface area (Å²) in [5.74, 6) is 0.821. The van der Waals surface area contributed by atoms with Crippen molar-refractivity contribution in [2.45, 2.75) is 44.8 Å². The Balaban J connectivity index is 1.79. The second kappa shape index (κ2) is 6.16. The molecule has 1 aliphatic rings. The number of methoxy groups -OCH3 is 1. The summed E-state index contributed by atoms with van der Waals surface area (Å²) in [6.07, 6.45) is 1.03. The molecule has 1 aliphatic heterocycles. The van der Waals surface area contributed by atoms with Crippen LogP contribution in [0, 0.1) is 0 Å². The Labute approximate surface area is 131 Å². The number of benzene rings is 1. The van der Waals surface area contributed by atoms with Gasteiger partial charge in [0.15, 0.2) is 0 Å². The summed E-state index contributed by atoms with van der Waals surface area (Å²) in [5, 5.41) is 10.4. The molecule has 0 unspecified atom stereocenters. The van der Waals surface area contributed by atoms with Crippen molar-refractivity contribution < 1.29 is 19.4 Å². The third-order valence-electron chi connectivity index (χ3n) is 3.66. The number of carbonyl (C=O) groups excluding carboxylic acids is 1. The molecule has 0 radical (unpaired) electrons. The number of aliphatic hydroxyl groups is 1. The van der Waals surface area contributed by atoms with Crippen LogP contribution in [-0.4, -0.2) is 47.5 Å². The average Bonchev–Trinajstić information content (AvgIpc) is 2.40. The highest BCUT2D eigenvalue weighted by Gasteiger charge is 2.44. The van der Waals surface area contributed by atoms with E-state index in [4.69, 9.17) is 9.47 Å². The zero-order chi connectivity index (χ0) is 16.4. The molecule has 1 amide bonds. The normalized spacial score (nSPS) is 16.9. The number of rotatable bonds is 4. The van der Waals surface area contributed by atoms with Crippen LogP contribution in [0.2, 0.25) is 0 Å². The highest BCUT2D eigenvalue weighted by atomic mass is 16.6. The van der Waals surface area contributed by atoms with Crippen molar-refractivity contribution in [1.82, 2.24) is 4.90 Å². The van der Waals surface area contributed by atoms with Crippen LogP contribution in [0.4, 0.5) is 4.79 Å². The quantitative estimate of drug-likeness (QED) is 0.929. The zero-order valence-electron chi connectivity index (χ0n) is 13.8. The van der Waals surface area contributed by atoms with E-state index in [0.717, 1.165) is 17.7 Å². The van der Waals surface area contributed by atoms with Gasteiger partial charge >= 0.3 is 6.09 Å². The van der Waals surface area contributed by atoms with E-state index in [1.54, 1.807) is 12.0 Å². The van der Waals surface area contributed by atoms with E-state index in [0.29, 0.717) is 19.5 Å². The number of hydrogen-bond acceptors (Lipinski definition) is 4. The van der Waals surface area contributed by atoms with Crippen LogP contribution >= 0.6 is 0 Å². The lowest BCUT2D eigenvalue weighted by Gasteiger charge is -2.46. The Kier molecular flexibility index (Phi) is 4.66. The minimum Gasteiger partial charge on any atom is -0.497 e. The Morgan fingerprint density at radius 2 is 1.86 bits per heavy atom. The molecule has 1 aromatic rings. The van der Waals surface area contributed by atoms with Gasteiger partial charge in [-0.3, -0.25) is 0 Å². The molecule has 1 N–H and O–H groups in total. The molecule has 5 heteroatoms. The number of ether oxygens (including phenoxy) is 2. The molecular weight excluding hydrogens is 282 g/mol. The topological polar surface area (TPSA) is 59.0 Å². The summed E-state index contributed by atoms with van der Waals surface area (Å²) in [5.41, 5.74) is -0.171. The number of hydrogen-bond donors (Lipinski definition) is 1. The van der Waals surface area contributed by atoms with E-state index in [2.05, 4.69) is 0 Å². The monoisotopic (exact) mass is 307 g/mol. The third-order valence-corrected chi connectivity index (χ3v) is 3.66. The van der Waals surface area contributed by atoms with Gasteiger partial charge in [0, 0.05) is 0 Å². The maximum atomic E-state index is 11.9. The van der Waals surface area contributed by atoms with Crippen molar-refractivity contribution in [3.8, 4) is 5.75 Å².